The minimum absolute atomic E-state index is 0. The Balaban J connectivity index is 0.00000108. The zero-order chi connectivity index (χ0) is 10.8. The molecule has 1 aliphatic heterocycles. The number of nitrogens with one attached hydrogen (secondary N) is 3. The van der Waals surface area contributed by atoms with Gasteiger partial charge < -0.3 is 15.6 Å². The number of H-pyrrole nitrogens is 1. The number of aromatic nitrogens is 1. The molecule has 1 aliphatic rings. The fourth-order valence-corrected chi connectivity index (χ4v) is 2.42. The quantitative estimate of drug-likeness (QED) is 0.794. The third-order valence-electron chi connectivity index (χ3n) is 3.27. The number of fused-ring (bicyclic) bond motifs is 1. The van der Waals surface area contributed by atoms with Crippen LogP contribution in [-0.4, -0.2) is 30.7 Å². The Labute approximate surface area is 132 Å². The van der Waals surface area contributed by atoms with Gasteiger partial charge in [-0.1, -0.05) is 18.2 Å². The monoisotopic (exact) mass is 323 g/mol. The average molecular weight is 325 g/mol. The number of halogens is 3. The summed E-state index contributed by atoms with van der Waals surface area (Å²) >= 11 is 0. The fourth-order valence-electron chi connectivity index (χ4n) is 2.42. The Morgan fingerprint density at radius 1 is 1.05 bits per heavy atom. The first-order valence-corrected chi connectivity index (χ1v) is 5.92. The van der Waals surface area contributed by atoms with Crippen molar-refractivity contribution in [3.05, 3.63) is 36.0 Å². The first kappa shape index (κ1) is 18.6. The molecule has 1 aromatic carbocycles. The van der Waals surface area contributed by atoms with Crippen LogP contribution in [0.15, 0.2) is 30.5 Å². The van der Waals surface area contributed by atoms with Gasteiger partial charge in [-0.3, -0.25) is 0 Å². The standard InChI is InChI=1S/C13H17N3.3ClH/c1-2-4-13-12(3-1)10(8-16-13)7-11-9-14-5-6-15-11;;;/h1-4,8,11,14-16H,5-7,9H2;3*1H. The van der Waals surface area contributed by atoms with E-state index in [1.165, 1.54) is 16.5 Å². The molecule has 0 aliphatic carbocycles. The zero-order valence-corrected chi connectivity index (χ0v) is 13.0. The Kier molecular flexibility index (Phi) is 8.46. The fraction of sp³-hybridized carbons (Fsp3) is 0.385. The highest BCUT2D eigenvalue weighted by Crippen LogP contribution is 2.19. The number of para-hydroxylation sites is 1. The number of piperazine rings is 1. The first-order valence-electron chi connectivity index (χ1n) is 5.92. The molecule has 0 saturated carbocycles. The topological polar surface area (TPSA) is 39.8 Å². The van der Waals surface area contributed by atoms with Gasteiger partial charge in [-0.25, -0.2) is 0 Å². The van der Waals surface area contributed by atoms with E-state index in [0.29, 0.717) is 6.04 Å². The van der Waals surface area contributed by atoms with Crippen LogP contribution in [0.25, 0.3) is 10.9 Å². The van der Waals surface area contributed by atoms with Crippen LogP contribution in [0, 0.1) is 0 Å². The number of rotatable bonds is 2. The van der Waals surface area contributed by atoms with Crippen LogP contribution in [-0.2, 0) is 6.42 Å². The average Bonchev–Trinajstić information content (AvgIpc) is 2.74. The maximum atomic E-state index is 3.55. The minimum atomic E-state index is 0. The molecule has 6 heteroatoms. The summed E-state index contributed by atoms with van der Waals surface area (Å²) in [6.07, 6.45) is 3.23. The van der Waals surface area contributed by atoms with Crippen molar-refractivity contribution in [1.29, 1.82) is 0 Å². The third kappa shape index (κ3) is 4.26. The van der Waals surface area contributed by atoms with Gasteiger partial charge in [0.05, 0.1) is 0 Å². The summed E-state index contributed by atoms with van der Waals surface area (Å²) < 4.78 is 0. The minimum Gasteiger partial charge on any atom is -0.361 e. The van der Waals surface area contributed by atoms with Crippen LogP contribution in [0.4, 0.5) is 0 Å². The molecule has 1 fully saturated rings. The maximum Gasteiger partial charge on any atom is 0.0456 e. The smallest absolute Gasteiger partial charge is 0.0456 e. The normalized spacial score (nSPS) is 18.0. The molecule has 1 atom stereocenters. The van der Waals surface area contributed by atoms with Crippen LogP contribution in [0.2, 0.25) is 0 Å². The molecule has 1 unspecified atom stereocenters. The van der Waals surface area contributed by atoms with E-state index in [1.807, 2.05) is 0 Å². The third-order valence-corrected chi connectivity index (χ3v) is 3.27. The van der Waals surface area contributed by atoms with E-state index in [9.17, 15) is 0 Å². The maximum absolute atomic E-state index is 3.55. The molecule has 1 saturated heterocycles. The van der Waals surface area contributed by atoms with Crippen LogP contribution >= 0.6 is 37.2 Å². The molecule has 0 amide bonds. The first-order chi connectivity index (χ1) is 7.93. The van der Waals surface area contributed by atoms with Gasteiger partial charge in [-0.15, -0.1) is 37.2 Å². The van der Waals surface area contributed by atoms with E-state index in [1.54, 1.807) is 0 Å². The highest BCUT2D eigenvalue weighted by Gasteiger charge is 2.14. The van der Waals surface area contributed by atoms with Crippen LogP contribution in [0.3, 0.4) is 0 Å². The van der Waals surface area contributed by atoms with Crippen molar-refractivity contribution in [2.75, 3.05) is 19.6 Å². The van der Waals surface area contributed by atoms with Crippen molar-refractivity contribution in [3.8, 4) is 0 Å². The summed E-state index contributed by atoms with van der Waals surface area (Å²) in [5.74, 6) is 0. The Hall–Kier alpha value is -0.450. The molecular formula is C13H20Cl3N3. The van der Waals surface area contributed by atoms with Crippen molar-refractivity contribution < 1.29 is 0 Å². The molecule has 2 aromatic rings. The van der Waals surface area contributed by atoms with Gasteiger partial charge in [-0.2, -0.15) is 0 Å². The highest BCUT2D eigenvalue weighted by atomic mass is 35.5. The highest BCUT2D eigenvalue weighted by molar-refractivity contribution is 5.86. The lowest BCUT2D eigenvalue weighted by molar-refractivity contribution is 0.417. The van der Waals surface area contributed by atoms with Gasteiger partial charge in [0, 0.05) is 42.8 Å². The summed E-state index contributed by atoms with van der Waals surface area (Å²) in [6.45, 7) is 3.23. The van der Waals surface area contributed by atoms with Gasteiger partial charge in [0.25, 0.3) is 0 Å². The van der Waals surface area contributed by atoms with E-state index in [0.717, 1.165) is 26.1 Å². The van der Waals surface area contributed by atoms with Gasteiger partial charge in [-0.05, 0) is 18.1 Å². The van der Waals surface area contributed by atoms with Crippen LogP contribution < -0.4 is 10.6 Å². The second kappa shape index (κ2) is 8.67. The molecule has 3 nitrogen and oxygen atoms in total. The lowest BCUT2D eigenvalue weighted by Crippen LogP contribution is -2.49. The number of hydrogen-bond acceptors (Lipinski definition) is 2. The SMILES string of the molecule is Cl.Cl.Cl.c1ccc2c(CC3CNCCN3)c[nH]c2c1. The molecule has 0 radical (unpaired) electrons. The second-order valence-corrected chi connectivity index (χ2v) is 4.42. The molecular weight excluding hydrogens is 305 g/mol. The van der Waals surface area contributed by atoms with E-state index >= 15 is 0 Å². The van der Waals surface area contributed by atoms with Crippen molar-refractivity contribution in [2.45, 2.75) is 12.5 Å². The molecule has 3 N–H and O–H groups in total. The predicted octanol–water partition coefficient (Wildman–Crippen LogP) is 2.54. The van der Waals surface area contributed by atoms with E-state index < -0.39 is 0 Å². The van der Waals surface area contributed by atoms with Crippen molar-refractivity contribution in [3.63, 3.8) is 0 Å². The molecule has 19 heavy (non-hydrogen) atoms. The van der Waals surface area contributed by atoms with E-state index in [2.05, 4.69) is 46.1 Å². The molecule has 0 spiro atoms. The van der Waals surface area contributed by atoms with Gasteiger partial charge in [0.15, 0.2) is 0 Å². The number of aromatic amines is 1. The molecule has 1 aromatic heterocycles. The second-order valence-electron chi connectivity index (χ2n) is 4.42. The van der Waals surface area contributed by atoms with Gasteiger partial charge in [0.2, 0.25) is 0 Å². The van der Waals surface area contributed by atoms with E-state index in [4.69, 9.17) is 0 Å². The Bertz CT molecular complexity index is 481. The Morgan fingerprint density at radius 2 is 1.84 bits per heavy atom. The molecule has 108 valence electrons. The van der Waals surface area contributed by atoms with Crippen molar-refractivity contribution >= 4 is 48.1 Å². The van der Waals surface area contributed by atoms with Crippen molar-refractivity contribution in [2.24, 2.45) is 0 Å². The van der Waals surface area contributed by atoms with E-state index in [-0.39, 0.29) is 37.2 Å². The van der Waals surface area contributed by atoms with Crippen molar-refractivity contribution in [1.82, 2.24) is 15.6 Å². The van der Waals surface area contributed by atoms with Crippen LogP contribution in [0.5, 0.6) is 0 Å². The molecule has 3 rings (SSSR count). The molecule has 0 bridgehead atoms. The summed E-state index contributed by atoms with van der Waals surface area (Å²) in [5, 5.41) is 8.32. The van der Waals surface area contributed by atoms with Gasteiger partial charge in [0.1, 0.15) is 0 Å². The lowest BCUT2D eigenvalue weighted by Gasteiger charge is -2.24. The largest absolute Gasteiger partial charge is 0.361 e. The summed E-state index contributed by atoms with van der Waals surface area (Å²) in [4.78, 5) is 3.33. The zero-order valence-electron chi connectivity index (χ0n) is 10.5. The molecule has 2 heterocycles. The van der Waals surface area contributed by atoms with Crippen LogP contribution in [0.1, 0.15) is 5.56 Å². The predicted molar refractivity (Wildman–Crippen MR) is 88.4 cm³/mol. The number of hydrogen-bond donors (Lipinski definition) is 3. The summed E-state index contributed by atoms with van der Waals surface area (Å²) in [7, 11) is 0. The lowest BCUT2D eigenvalue weighted by atomic mass is 10.0. The summed E-state index contributed by atoms with van der Waals surface area (Å²) in [6, 6.07) is 9.06. The number of benzene rings is 1. The summed E-state index contributed by atoms with van der Waals surface area (Å²) in [5.41, 5.74) is 2.65. The van der Waals surface area contributed by atoms with Gasteiger partial charge >= 0.3 is 0 Å². The Morgan fingerprint density at radius 3 is 2.58 bits per heavy atom.